The molecule has 0 atom stereocenters. The number of nitrogens with one attached hydrogen (secondary N) is 1. The molecule has 1 rings (SSSR count). The van der Waals surface area contributed by atoms with Gasteiger partial charge in [-0.1, -0.05) is 0 Å². The Bertz CT molecular complexity index is 284. The van der Waals surface area contributed by atoms with Gasteiger partial charge in [-0.3, -0.25) is 4.79 Å². The Kier molecular flexibility index (Phi) is 2.82. The molecule has 0 fully saturated rings. The van der Waals surface area contributed by atoms with Crippen LogP contribution in [0.4, 0.5) is 5.13 Å². The fourth-order valence-corrected chi connectivity index (χ4v) is 1.55. The predicted molar refractivity (Wildman–Crippen MR) is 49.9 cm³/mol. The van der Waals surface area contributed by atoms with Gasteiger partial charge in [-0.15, -0.1) is 0 Å². The first kappa shape index (κ1) is 9.91. The highest BCUT2D eigenvalue weighted by Gasteiger charge is 2.22. The lowest BCUT2D eigenvalue weighted by Gasteiger charge is -2.23. The number of hydrogen-bond acceptors (Lipinski definition) is 5. The van der Waals surface area contributed by atoms with Crippen molar-refractivity contribution in [2.75, 3.05) is 5.32 Å². The molecule has 0 saturated carbocycles. The van der Waals surface area contributed by atoms with Crippen LogP contribution in [0.1, 0.15) is 20.3 Å². The van der Waals surface area contributed by atoms with Crippen molar-refractivity contribution in [2.24, 2.45) is 0 Å². The van der Waals surface area contributed by atoms with Gasteiger partial charge in [-0.25, -0.2) is 4.98 Å². The number of anilines is 1. The molecule has 1 aromatic rings. The maximum absolute atomic E-state index is 10.5. The van der Waals surface area contributed by atoms with E-state index in [4.69, 9.17) is 5.11 Å². The third-order valence-corrected chi connectivity index (χ3v) is 1.98. The zero-order valence-electron chi connectivity index (χ0n) is 7.44. The summed E-state index contributed by atoms with van der Waals surface area (Å²) in [6.07, 6.45) is 1.48. The third kappa shape index (κ3) is 3.37. The van der Waals surface area contributed by atoms with E-state index in [1.165, 1.54) is 17.9 Å². The Morgan fingerprint density at radius 2 is 2.46 bits per heavy atom. The quantitative estimate of drug-likeness (QED) is 0.765. The average Bonchev–Trinajstić information content (AvgIpc) is 2.34. The maximum Gasteiger partial charge on any atom is 0.305 e. The minimum Gasteiger partial charge on any atom is -0.481 e. The second kappa shape index (κ2) is 3.69. The molecule has 0 aliphatic heterocycles. The van der Waals surface area contributed by atoms with Crippen molar-refractivity contribution in [1.29, 1.82) is 0 Å². The van der Waals surface area contributed by atoms with Crippen LogP contribution in [0.2, 0.25) is 0 Å². The molecular weight excluding hydrogens is 190 g/mol. The van der Waals surface area contributed by atoms with Crippen molar-refractivity contribution in [2.45, 2.75) is 25.8 Å². The van der Waals surface area contributed by atoms with Crippen LogP contribution in [0.25, 0.3) is 0 Å². The molecule has 13 heavy (non-hydrogen) atoms. The van der Waals surface area contributed by atoms with E-state index in [-0.39, 0.29) is 6.42 Å². The van der Waals surface area contributed by atoms with Gasteiger partial charge in [0, 0.05) is 17.1 Å². The number of carboxylic acid groups (broad SMARTS) is 1. The van der Waals surface area contributed by atoms with Gasteiger partial charge in [0.1, 0.15) is 6.33 Å². The van der Waals surface area contributed by atoms with Crippen molar-refractivity contribution in [1.82, 2.24) is 9.36 Å². The van der Waals surface area contributed by atoms with Crippen LogP contribution in [0.15, 0.2) is 6.33 Å². The lowest BCUT2D eigenvalue weighted by Crippen LogP contribution is -2.33. The summed E-state index contributed by atoms with van der Waals surface area (Å²) in [7, 11) is 0. The zero-order chi connectivity index (χ0) is 9.90. The molecule has 5 nitrogen and oxygen atoms in total. The molecule has 0 aliphatic carbocycles. The molecule has 0 unspecified atom stereocenters. The Morgan fingerprint density at radius 1 is 1.77 bits per heavy atom. The van der Waals surface area contributed by atoms with E-state index in [1.807, 2.05) is 13.8 Å². The fraction of sp³-hybridized carbons (Fsp3) is 0.571. The number of rotatable bonds is 4. The molecule has 1 aromatic heterocycles. The van der Waals surface area contributed by atoms with E-state index in [0.717, 1.165) is 0 Å². The van der Waals surface area contributed by atoms with Gasteiger partial charge in [0.2, 0.25) is 5.13 Å². The Hall–Kier alpha value is -1.17. The first-order chi connectivity index (χ1) is 5.99. The summed E-state index contributed by atoms with van der Waals surface area (Å²) in [5, 5.41) is 12.2. The maximum atomic E-state index is 10.5. The average molecular weight is 201 g/mol. The van der Waals surface area contributed by atoms with Crippen molar-refractivity contribution >= 4 is 22.6 Å². The summed E-state index contributed by atoms with van der Waals surface area (Å²) in [6, 6.07) is 0. The topological polar surface area (TPSA) is 75.1 Å². The van der Waals surface area contributed by atoms with Crippen molar-refractivity contribution in [3.63, 3.8) is 0 Å². The van der Waals surface area contributed by atoms with E-state index in [9.17, 15) is 4.79 Å². The monoisotopic (exact) mass is 201 g/mol. The molecule has 0 spiro atoms. The standard InChI is InChI=1S/C7H11N3O2S/c1-7(2,3-5(11)12)10-6-8-4-9-13-6/h4H,3H2,1-2H3,(H,11,12)(H,8,9,10). The van der Waals surface area contributed by atoms with Gasteiger partial charge < -0.3 is 10.4 Å². The highest BCUT2D eigenvalue weighted by atomic mass is 32.1. The first-order valence-corrected chi connectivity index (χ1v) is 4.53. The lowest BCUT2D eigenvalue weighted by atomic mass is 10.0. The largest absolute Gasteiger partial charge is 0.481 e. The Labute approximate surface area is 80.0 Å². The number of aliphatic carboxylic acids is 1. The van der Waals surface area contributed by atoms with Crippen LogP contribution in [-0.2, 0) is 4.79 Å². The molecular formula is C7H11N3O2S. The van der Waals surface area contributed by atoms with E-state index >= 15 is 0 Å². The summed E-state index contributed by atoms with van der Waals surface area (Å²) in [5.41, 5.74) is -0.495. The van der Waals surface area contributed by atoms with Crippen molar-refractivity contribution in [3.05, 3.63) is 6.33 Å². The second-order valence-corrected chi connectivity index (χ2v) is 4.11. The van der Waals surface area contributed by atoms with Crippen LogP contribution in [0.5, 0.6) is 0 Å². The molecule has 2 N–H and O–H groups in total. The first-order valence-electron chi connectivity index (χ1n) is 3.76. The highest BCUT2D eigenvalue weighted by Crippen LogP contribution is 2.18. The normalized spacial score (nSPS) is 11.2. The van der Waals surface area contributed by atoms with Gasteiger partial charge in [0.15, 0.2) is 0 Å². The fourth-order valence-electron chi connectivity index (χ4n) is 0.940. The smallest absolute Gasteiger partial charge is 0.305 e. The van der Waals surface area contributed by atoms with E-state index in [2.05, 4.69) is 14.7 Å². The number of carboxylic acids is 1. The van der Waals surface area contributed by atoms with Gasteiger partial charge >= 0.3 is 5.97 Å². The van der Waals surface area contributed by atoms with Gasteiger partial charge in [0.25, 0.3) is 0 Å². The van der Waals surface area contributed by atoms with Gasteiger partial charge in [-0.2, -0.15) is 4.37 Å². The van der Waals surface area contributed by atoms with Gasteiger partial charge in [-0.05, 0) is 13.8 Å². The summed E-state index contributed by atoms with van der Waals surface area (Å²) < 4.78 is 3.81. The predicted octanol–water partition coefficient (Wildman–Crippen LogP) is 1.20. The van der Waals surface area contributed by atoms with Crippen LogP contribution >= 0.6 is 11.5 Å². The second-order valence-electron chi connectivity index (χ2n) is 3.33. The summed E-state index contributed by atoms with van der Waals surface area (Å²) in [4.78, 5) is 14.4. The lowest BCUT2D eigenvalue weighted by molar-refractivity contribution is -0.137. The van der Waals surface area contributed by atoms with Crippen molar-refractivity contribution < 1.29 is 9.90 Å². The summed E-state index contributed by atoms with van der Waals surface area (Å²) >= 11 is 1.21. The van der Waals surface area contributed by atoms with E-state index in [1.54, 1.807) is 0 Å². The molecule has 0 radical (unpaired) electrons. The molecule has 1 heterocycles. The Balaban J connectivity index is 2.56. The number of hydrogen-bond donors (Lipinski definition) is 2. The summed E-state index contributed by atoms with van der Waals surface area (Å²) in [5.74, 6) is -0.831. The molecule has 72 valence electrons. The number of carbonyl (C=O) groups is 1. The van der Waals surface area contributed by atoms with Crippen LogP contribution < -0.4 is 5.32 Å². The zero-order valence-corrected chi connectivity index (χ0v) is 8.26. The van der Waals surface area contributed by atoms with E-state index in [0.29, 0.717) is 5.13 Å². The number of nitrogens with zero attached hydrogens (tertiary/aromatic N) is 2. The molecule has 0 aromatic carbocycles. The van der Waals surface area contributed by atoms with Crippen molar-refractivity contribution in [3.8, 4) is 0 Å². The molecule has 0 amide bonds. The molecule has 0 saturated heterocycles. The molecule has 0 aliphatic rings. The Morgan fingerprint density at radius 3 is 2.92 bits per heavy atom. The summed E-state index contributed by atoms with van der Waals surface area (Å²) in [6.45, 7) is 3.62. The molecule has 6 heteroatoms. The van der Waals surface area contributed by atoms with Crippen LogP contribution in [-0.4, -0.2) is 26.0 Å². The van der Waals surface area contributed by atoms with E-state index < -0.39 is 11.5 Å². The number of aromatic nitrogens is 2. The minimum absolute atomic E-state index is 0.0482. The van der Waals surface area contributed by atoms with Gasteiger partial charge in [0.05, 0.1) is 6.42 Å². The minimum atomic E-state index is -0.831. The highest BCUT2D eigenvalue weighted by molar-refractivity contribution is 7.09. The third-order valence-electron chi connectivity index (χ3n) is 1.40. The molecule has 0 bridgehead atoms. The SMILES string of the molecule is CC(C)(CC(=O)O)Nc1ncns1. The van der Waals surface area contributed by atoms with Crippen LogP contribution in [0, 0.1) is 0 Å². The van der Waals surface area contributed by atoms with Crippen LogP contribution in [0.3, 0.4) is 0 Å².